The maximum Gasteiger partial charge on any atom is 0.335 e. The molecule has 6 nitrogen and oxygen atoms in total. The van der Waals surface area contributed by atoms with Crippen LogP contribution in [0.1, 0.15) is 52.5 Å². The quantitative estimate of drug-likeness (QED) is 0.511. The highest BCUT2D eigenvalue weighted by atomic mass is 16.5. The van der Waals surface area contributed by atoms with E-state index in [1.54, 1.807) is 24.3 Å². The zero-order chi connectivity index (χ0) is 21.8. The summed E-state index contributed by atoms with van der Waals surface area (Å²) in [5.74, 6) is -0.463. The van der Waals surface area contributed by atoms with E-state index in [0.717, 1.165) is 31.2 Å². The minimum Gasteiger partial charge on any atom is -0.478 e. The van der Waals surface area contributed by atoms with Crippen LogP contribution in [-0.2, 0) is 11.2 Å². The van der Waals surface area contributed by atoms with Gasteiger partial charge in [0, 0.05) is 24.2 Å². The molecule has 0 unspecified atom stereocenters. The molecule has 2 heterocycles. The van der Waals surface area contributed by atoms with Crippen LogP contribution in [0.4, 0.5) is 0 Å². The molecule has 0 aromatic heterocycles. The van der Waals surface area contributed by atoms with Crippen molar-refractivity contribution in [1.29, 1.82) is 0 Å². The zero-order valence-electron chi connectivity index (χ0n) is 17.7. The van der Waals surface area contributed by atoms with Gasteiger partial charge in [-0.2, -0.15) is 5.10 Å². The number of carbonyl (C=O) groups excluding carboxylic acids is 1. The highest BCUT2D eigenvalue weighted by Crippen LogP contribution is 2.44. The molecule has 2 bridgehead atoms. The number of hydrazone groups is 1. The molecular weight excluding hydrogens is 392 g/mol. The average Bonchev–Trinajstić information content (AvgIpc) is 3.40. The number of fused-ring (bicyclic) bond motifs is 2. The van der Waals surface area contributed by atoms with Gasteiger partial charge in [0.25, 0.3) is 5.91 Å². The first-order valence-electron chi connectivity index (χ1n) is 11.0. The molecule has 1 N–H and O–H groups in total. The van der Waals surface area contributed by atoms with Gasteiger partial charge in [-0.1, -0.05) is 30.3 Å². The minimum atomic E-state index is -0.908. The SMILES string of the molecule is CCN(N=C[C@@H]1[C@@H](CCc2ccc(C(=O)O)cc2)[C@H]2CC[C@@H]1O2)C(=O)c1ccccc1. The molecule has 4 rings (SSSR count). The van der Waals surface area contributed by atoms with Gasteiger partial charge >= 0.3 is 5.97 Å². The number of carboxylic acid groups (broad SMARTS) is 1. The number of benzene rings is 2. The molecule has 6 heteroatoms. The third-order valence-corrected chi connectivity index (χ3v) is 6.39. The van der Waals surface area contributed by atoms with Gasteiger partial charge in [-0.25, -0.2) is 9.80 Å². The van der Waals surface area contributed by atoms with Crippen LogP contribution in [0.2, 0.25) is 0 Å². The maximum absolute atomic E-state index is 12.7. The monoisotopic (exact) mass is 420 g/mol. The predicted octanol–water partition coefficient (Wildman–Crippen LogP) is 4.26. The van der Waals surface area contributed by atoms with E-state index in [-0.39, 0.29) is 24.0 Å². The molecule has 2 fully saturated rings. The number of nitrogens with zero attached hydrogens (tertiary/aromatic N) is 2. The second kappa shape index (κ2) is 9.43. The van der Waals surface area contributed by atoms with Crippen molar-refractivity contribution in [1.82, 2.24) is 5.01 Å². The second-order valence-corrected chi connectivity index (χ2v) is 8.22. The van der Waals surface area contributed by atoms with Crippen LogP contribution in [-0.4, -0.2) is 47.0 Å². The Morgan fingerprint density at radius 1 is 1.06 bits per heavy atom. The number of hydrogen-bond donors (Lipinski definition) is 1. The van der Waals surface area contributed by atoms with Gasteiger partial charge in [0.05, 0.1) is 17.8 Å². The second-order valence-electron chi connectivity index (χ2n) is 8.22. The molecule has 0 saturated carbocycles. The lowest BCUT2D eigenvalue weighted by Crippen LogP contribution is -2.31. The van der Waals surface area contributed by atoms with Crippen molar-refractivity contribution in [2.45, 2.75) is 44.8 Å². The van der Waals surface area contributed by atoms with Crippen molar-refractivity contribution >= 4 is 18.1 Å². The number of rotatable bonds is 8. The highest BCUT2D eigenvalue weighted by molar-refractivity contribution is 5.94. The Balaban J connectivity index is 1.42. The zero-order valence-corrected chi connectivity index (χ0v) is 17.7. The molecular formula is C25H28N2O4. The summed E-state index contributed by atoms with van der Waals surface area (Å²) in [6, 6.07) is 16.3. The summed E-state index contributed by atoms with van der Waals surface area (Å²) in [5, 5.41) is 15.1. The van der Waals surface area contributed by atoms with Gasteiger partial charge in [0.1, 0.15) is 0 Å². The fraction of sp³-hybridized carbons (Fsp3) is 0.400. The third kappa shape index (κ3) is 4.69. The largest absolute Gasteiger partial charge is 0.478 e. The maximum atomic E-state index is 12.7. The Labute approximate surface area is 182 Å². The molecule has 2 aromatic rings. The first-order chi connectivity index (χ1) is 15.1. The van der Waals surface area contributed by atoms with Crippen molar-refractivity contribution < 1.29 is 19.4 Å². The van der Waals surface area contributed by atoms with E-state index in [1.165, 1.54) is 5.01 Å². The summed E-state index contributed by atoms with van der Waals surface area (Å²) < 4.78 is 6.18. The molecule has 4 atom stereocenters. The van der Waals surface area contributed by atoms with E-state index in [9.17, 15) is 9.59 Å². The smallest absolute Gasteiger partial charge is 0.335 e. The molecule has 1 amide bonds. The predicted molar refractivity (Wildman–Crippen MR) is 118 cm³/mol. The number of carboxylic acids is 1. The summed E-state index contributed by atoms with van der Waals surface area (Å²) in [6.45, 7) is 2.43. The average molecular weight is 421 g/mol. The molecule has 0 radical (unpaired) electrons. The molecule has 0 spiro atoms. The van der Waals surface area contributed by atoms with E-state index in [2.05, 4.69) is 5.10 Å². The normalized spacial score (nSPS) is 24.5. The van der Waals surface area contributed by atoms with Gasteiger partial charge in [-0.3, -0.25) is 4.79 Å². The number of carbonyl (C=O) groups is 2. The first kappa shape index (κ1) is 21.2. The summed E-state index contributed by atoms with van der Waals surface area (Å²) in [4.78, 5) is 23.8. The number of aromatic carboxylic acids is 1. The third-order valence-electron chi connectivity index (χ3n) is 6.39. The molecule has 2 aromatic carbocycles. The van der Waals surface area contributed by atoms with E-state index in [0.29, 0.717) is 23.6 Å². The Kier molecular flexibility index (Phi) is 6.47. The van der Waals surface area contributed by atoms with Gasteiger partial charge in [0.15, 0.2) is 0 Å². The van der Waals surface area contributed by atoms with Crippen LogP contribution in [0, 0.1) is 11.8 Å². The summed E-state index contributed by atoms with van der Waals surface area (Å²) in [6.07, 6.45) is 6.23. The van der Waals surface area contributed by atoms with Crippen LogP contribution in [0.25, 0.3) is 0 Å². The Morgan fingerprint density at radius 3 is 2.45 bits per heavy atom. The van der Waals surface area contributed by atoms with Gasteiger partial charge in [-0.05, 0) is 68.4 Å². The standard InChI is InChI=1S/C25H28N2O4/c1-2-27(24(28)18-6-4-3-5-7-18)26-16-21-20(22-14-15-23(21)31-22)13-10-17-8-11-19(12-9-17)25(29)30/h3-9,11-12,16,20-23H,2,10,13-15H2,1H3,(H,29,30)/t20-,21-,22-,23+/m1/s1. The molecule has 162 valence electrons. The van der Waals surface area contributed by atoms with E-state index in [4.69, 9.17) is 9.84 Å². The van der Waals surface area contributed by atoms with Gasteiger partial charge in [-0.15, -0.1) is 0 Å². The van der Waals surface area contributed by atoms with E-state index >= 15 is 0 Å². The van der Waals surface area contributed by atoms with Crippen molar-refractivity contribution in [2.75, 3.05) is 6.54 Å². The lowest BCUT2D eigenvalue weighted by atomic mass is 9.77. The van der Waals surface area contributed by atoms with Gasteiger partial charge < -0.3 is 9.84 Å². The summed E-state index contributed by atoms with van der Waals surface area (Å²) in [5.41, 5.74) is 2.06. The Morgan fingerprint density at radius 2 is 1.77 bits per heavy atom. The number of aryl methyl sites for hydroxylation is 1. The van der Waals surface area contributed by atoms with Crippen LogP contribution in [0.5, 0.6) is 0 Å². The van der Waals surface area contributed by atoms with Crippen molar-refractivity contribution in [3.05, 3.63) is 71.3 Å². The molecule has 2 saturated heterocycles. The molecule has 0 aliphatic carbocycles. The van der Waals surface area contributed by atoms with Crippen LogP contribution in [0.3, 0.4) is 0 Å². The molecule has 31 heavy (non-hydrogen) atoms. The fourth-order valence-corrected chi connectivity index (χ4v) is 4.71. The van der Waals surface area contributed by atoms with E-state index in [1.807, 2.05) is 43.5 Å². The highest BCUT2D eigenvalue weighted by Gasteiger charge is 2.47. The van der Waals surface area contributed by atoms with Crippen LogP contribution in [0.15, 0.2) is 59.7 Å². The Hall–Kier alpha value is -2.99. The number of ether oxygens (including phenoxy) is 1. The van der Waals surface area contributed by atoms with Crippen molar-refractivity contribution in [3.63, 3.8) is 0 Å². The molecule has 2 aliphatic heterocycles. The first-order valence-corrected chi connectivity index (χ1v) is 11.0. The minimum absolute atomic E-state index is 0.0986. The van der Waals surface area contributed by atoms with Crippen LogP contribution < -0.4 is 0 Å². The summed E-state index contributed by atoms with van der Waals surface area (Å²) >= 11 is 0. The fourth-order valence-electron chi connectivity index (χ4n) is 4.71. The van der Waals surface area contributed by atoms with Crippen molar-refractivity contribution in [3.8, 4) is 0 Å². The summed E-state index contributed by atoms with van der Waals surface area (Å²) in [7, 11) is 0. The number of amides is 1. The topological polar surface area (TPSA) is 79.2 Å². The lowest BCUT2D eigenvalue weighted by molar-refractivity contribution is 0.0696. The van der Waals surface area contributed by atoms with E-state index < -0.39 is 5.97 Å². The number of hydrogen-bond acceptors (Lipinski definition) is 4. The van der Waals surface area contributed by atoms with Gasteiger partial charge in [0.2, 0.25) is 0 Å². The lowest BCUT2D eigenvalue weighted by Gasteiger charge is -2.26. The van der Waals surface area contributed by atoms with Crippen LogP contribution >= 0.6 is 0 Å². The molecule has 2 aliphatic rings. The van der Waals surface area contributed by atoms with Crippen molar-refractivity contribution in [2.24, 2.45) is 16.9 Å². The Bertz CT molecular complexity index is 942.